The predicted molar refractivity (Wildman–Crippen MR) is 98.6 cm³/mol. The summed E-state index contributed by atoms with van der Waals surface area (Å²) in [6.07, 6.45) is 1.59. The summed E-state index contributed by atoms with van der Waals surface area (Å²) in [4.78, 5) is 26.4. The molecule has 0 aliphatic carbocycles. The van der Waals surface area contributed by atoms with Crippen LogP contribution in [0.5, 0.6) is 0 Å². The minimum atomic E-state index is -0.387. The van der Waals surface area contributed by atoms with Crippen molar-refractivity contribution in [3.05, 3.63) is 64.2 Å². The summed E-state index contributed by atoms with van der Waals surface area (Å²) in [7, 11) is 0. The highest BCUT2D eigenvalue weighted by Crippen LogP contribution is 2.50. The van der Waals surface area contributed by atoms with Crippen LogP contribution in [-0.4, -0.2) is 35.5 Å². The fraction of sp³-hybridized carbons (Fsp3) is 0.316. The molecule has 0 saturated carbocycles. The number of amides is 2. The molecule has 4 rings (SSSR count). The Morgan fingerprint density at radius 2 is 1.65 bits per heavy atom. The number of carbonyl (C=O) groups excluding carboxylic acids is 1. The number of fused-ring (bicyclic) bond motifs is 2. The highest BCUT2D eigenvalue weighted by molar-refractivity contribution is 5.78. The first kappa shape index (κ1) is 16.4. The molecule has 2 amide bonds. The van der Waals surface area contributed by atoms with E-state index in [1.54, 1.807) is 23.1 Å². The number of hydrogen-bond acceptors (Lipinski definition) is 4. The first-order chi connectivity index (χ1) is 12.5. The lowest BCUT2D eigenvalue weighted by atomic mass is 9.74. The topological polar surface area (TPSA) is 92.7 Å². The van der Waals surface area contributed by atoms with E-state index in [1.807, 2.05) is 29.2 Å². The Balaban J connectivity index is 1.75. The Morgan fingerprint density at radius 3 is 2.31 bits per heavy atom. The van der Waals surface area contributed by atoms with Crippen molar-refractivity contribution in [3.8, 4) is 0 Å². The second kappa shape index (κ2) is 6.01. The average molecular weight is 352 g/mol. The second-order valence-electron chi connectivity index (χ2n) is 6.95. The number of benzene rings is 2. The molecule has 0 aromatic heterocycles. The van der Waals surface area contributed by atoms with Crippen LogP contribution in [0, 0.1) is 10.1 Å². The van der Waals surface area contributed by atoms with Gasteiger partial charge in [0.15, 0.2) is 0 Å². The van der Waals surface area contributed by atoms with Crippen molar-refractivity contribution >= 4 is 23.1 Å². The second-order valence-corrected chi connectivity index (χ2v) is 6.95. The molecule has 0 unspecified atom stereocenters. The molecule has 2 aromatic carbocycles. The van der Waals surface area contributed by atoms with Crippen molar-refractivity contribution in [2.75, 3.05) is 24.5 Å². The molecular weight excluding hydrogens is 332 g/mol. The van der Waals surface area contributed by atoms with E-state index in [1.165, 1.54) is 5.56 Å². The van der Waals surface area contributed by atoms with Crippen molar-refractivity contribution in [2.24, 2.45) is 5.73 Å². The van der Waals surface area contributed by atoms with Crippen molar-refractivity contribution in [2.45, 2.75) is 18.3 Å². The van der Waals surface area contributed by atoms with E-state index >= 15 is 0 Å². The summed E-state index contributed by atoms with van der Waals surface area (Å²) in [5.41, 5.74) is 8.22. The number of rotatable bonds is 2. The number of piperidine rings is 1. The quantitative estimate of drug-likeness (QED) is 0.664. The number of nitrogens with two attached hydrogens (primary N) is 1. The number of anilines is 2. The summed E-state index contributed by atoms with van der Waals surface area (Å²) >= 11 is 0. The fourth-order valence-corrected chi connectivity index (χ4v) is 4.27. The molecule has 26 heavy (non-hydrogen) atoms. The first-order valence-electron chi connectivity index (χ1n) is 8.67. The largest absolute Gasteiger partial charge is 0.351 e. The molecule has 2 aromatic rings. The molecule has 0 atom stereocenters. The molecule has 7 heteroatoms. The lowest BCUT2D eigenvalue weighted by molar-refractivity contribution is -0.384. The van der Waals surface area contributed by atoms with E-state index in [4.69, 9.17) is 5.73 Å². The van der Waals surface area contributed by atoms with E-state index in [2.05, 4.69) is 6.07 Å². The molecule has 0 bridgehead atoms. The summed E-state index contributed by atoms with van der Waals surface area (Å²) < 4.78 is 0. The number of nitrogens with zero attached hydrogens (tertiary/aromatic N) is 3. The number of urea groups is 1. The van der Waals surface area contributed by atoms with Gasteiger partial charge >= 0.3 is 6.03 Å². The summed E-state index contributed by atoms with van der Waals surface area (Å²) in [6.45, 7) is 1.88. The summed E-state index contributed by atoms with van der Waals surface area (Å²) in [5.74, 6) is 0. The van der Waals surface area contributed by atoms with Gasteiger partial charge < -0.3 is 15.5 Å². The van der Waals surface area contributed by atoms with Gasteiger partial charge in [-0.3, -0.25) is 10.1 Å². The van der Waals surface area contributed by atoms with Crippen molar-refractivity contribution in [1.82, 2.24) is 4.90 Å². The van der Waals surface area contributed by atoms with Crippen LogP contribution >= 0.6 is 0 Å². The van der Waals surface area contributed by atoms with Crippen LogP contribution < -0.4 is 10.6 Å². The molecule has 134 valence electrons. The molecule has 1 spiro atoms. The van der Waals surface area contributed by atoms with Gasteiger partial charge in [-0.1, -0.05) is 30.3 Å². The SMILES string of the molecule is NC(=O)N1CCC2(CC1)CN(c1ccccc1[N+](=O)[O-])c1ccccc12. The van der Waals surface area contributed by atoms with Crippen molar-refractivity contribution in [3.63, 3.8) is 0 Å². The Labute approximate surface area is 151 Å². The summed E-state index contributed by atoms with van der Waals surface area (Å²) in [6, 6.07) is 14.5. The highest BCUT2D eigenvalue weighted by Gasteiger charge is 2.46. The zero-order valence-electron chi connectivity index (χ0n) is 14.3. The van der Waals surface area contributed by atoms with E-state index in [9.17, 15) is 14.9 Å². The zero-order chi connectivity index (χ0) is 18.3. The molecule has 0 radical (unpaired) electrons. The van der Waals surface area contributed by atoms with Gasteiger partial charge in [0, 0.05) is 36.8 Å². The Bertz CT molecular complexity index is 875. The standard InChI is InChI=1S/C19H20N4O3/c20-18(24)21-11-9-19(10-12-21)13-22(15-6-2-1-5-14(15)19)16-7-3-4-8-17(16)23(25)26/h1-8H,9-13H2,(H2,20,24). The van der Waals surface area contributed by atoms with Gasteiger partial charge in [0.25, 0.3) is 5.69 Å². The third-order valence-electron chi connectivity index (χ3n) is 5.63. The third-order valence-corrected chi connectivity index (χ3v) is 5.63. The van der Waals surface area contributed by atoms with Gasteiger partial charge in [0.1, 0.15) is 5.69 Å². The molecule has 2 aliphatic heterocycles. The van der Waals surface area contributed by atoms with Gasteiger partial charge in [-0.2, -0.15) is 0 Å². The van der Waals surface area contributed by atoms with Crippen LogP contribution in [0.4, 0.5) is 21.9 Å². The number of carbonyl (C=O) groups is 1. The van der Waals surface area contributed by atoms with E-state index in [0.29, 0.717) is 25.3 Å². The lowest BCUT2D eigenvalue weighted by Crippen LogP contribution is -2.48. The Kier molecular flexibility index (Phi) is 3.79. The maximum Gasteiger partial charge on any atom is 0.314 e. The van der Waals surface area contributed by atoms with E-state index < -0.39 is 0 Å². The first-order valence-corrected chi connectivity index (χ1v) is 8.67. The molecule has 2 heterocycles. The van der Waals surface area contributed by atoms with Crippen LogP contribution in [0.3, 0.4) is 0 Å². The average Bonchev–Trinajstić information content (AvgIpc) is 2.96. The normalized spacial score (nSPS) is 18.0. The number of likely N-dealkylation sites (tertiary alicyclic amines) is 1. The van der Waals surface area contributed by atoms with Gasteiger partial charge in [-0.05, 0) is 30.5 Å². The maximum absolute atomic E-state index is 11.5. The van der Waals surface area contributed by atoms with Crippen molar-refractivity contribution in [1.29, 1.82) is 0 Å². The molecule has 1 saturated heterocycles. The van der Waals surface area contributed by atoms with Crippen LogP contribution in [0.25, 0.3) is 0 Å². The van der Waals surface area contributed by atoms with Gasteiger partial charge in [0.2, 0.25) is 0 Å². The number of nitro benzene ring substituents is 1. The van der Waals surface area contributed by atoms with E-state index in [0.717, 1.165) is 18.5 Å². The van der Waals surface area contributed by atoms with Gasteiger partial charge in [-0.25, -0.2) is 4.79 Å². The van der Waals surface area contributed by atoms with E-state index in [-0.39, 0.29) is 22.1 Å². The van der Waals surface area contributed by atoms with Gasteiger partial charge in [0.05, 0.1) is 4.92 Å². The number of primary amides is 1. The smallest absolute Gasteiger partial charge is 0.314 e. The molecule has 2 aliphatic rings. The molecule has 1 fully saturated rings. The highest BCUT2D eigenvalue weighted by atomic mass is 16.6. The summed E-state index contributed by atoms with van der Waals surface area (Å²) in [5, 5.41) is 11.5. The molecule has 2 N–H and O–H groups in total. The Hall–Kier alpha value is -3.09. The van der Waals surface area contributed by atoms with Crippen molar-refractivity contribution < 1.29 is 9.72 Å². The minimum Gasteiger partial charge on any atom is -0.351 e. The van der Waals surface area contributed by atoms with Crippen LogP contribution in [0.1, 0.15) is 18.4 Å². The minimum absolute atomic E-state index is 0.105. The molecular formula is C19H20N4O3. The van der Waals surface area contributed by atoms with Crippen LogP contribution in [0.2, 0.25) is 0 Å². The van der Waals surface area contributed by atoms with Crippen LogP contribution in [-0.2, 0) is 5.41 Å². The van der Waals surface area contributed by atoms with Crippen LogP contribution in [0.15, 0.2) is 48.5 Å². The molecule has 7 nitrogen and oxygen atoms in total. The number of nitro groups is 1. The number of para-hydroxylation sites is 3. The third kappa shape index (κ3) is 2.47. The van der Waals surface area contributed by atoms with Gasteiger partial charge in [-0.15, -0.1) is 0 Å². The lowest BCUT2D eigenvalue weighted by Gasteiger charge is -2.39. The Morgan fingerprint density at radius 1 is 1.04 bits per heavy atom. The monoisotopic (exact) mass is 352 g/mol. The fourth-order valence-electron chi connectivity index (χ4n) is 4.27. The number of hydrogen-bond donors (Lipinski definition) is 1. The predicted octanol–water partition coefficient (Wildman–Crippen LogP) is 3.16. The zero-order valence-corrected chi connectivity index (χ0v) is 14.3. The maximum atomic E-state index is 11.5.